The number of rotatable bonds is 10. The number of fused-ring (bicyclic) bond motifs is 1. The van der Waals surface area contributed by atoms with Crippen molar-refractivity contribution in [1.82, 2.24) is 20.0 Å². The van der Waals surface area contributed by atoms with Crippen LogP contribution in [0.4, 0.5) is 0 Å². The molecule has 1 aromatic carbocycles. The van der Waals surface area contributed by atoms with Gasteiger partial charge in [-0.2, -0.15) is 0 Å². The minimum Gasteiger partial charge on any atom is -0.456 e. The summed E-state index contributed by atoms with van der Waals surface area (Å²) in [4.78, 5) is 59.7. The van der Waals surface area contributed by atoms with Crippen LogP contribution in [0.15, 0.2) is 35.9 Å². The lowest BCUT2D eigenvalue weighted by molar-refractivity contribution is -0.158. The van der Waals surface area contributed by atoms with Gasteiger partial charge >= 0.3 is 5.97 Å². The molecule has 2 fully saturated rings. The van der Waals surface area contributed by atoms with Gasteiger partial charge in [-0.15, -0.1) is 0 Å². The van der Waals surface area contributed by atoms with Crippen LogP contribution in [0.25, 0.3) is 0 Å². The van der Waals surface area contributed by atoms with Crippen LogP contribution in [0.5, 0.6) is 0 Å². The minimum atomic E-state index is -0.675. The SMILES string of the molecule is C/C(=C\[C@H](C(C)C)N(C)C(=O)[C@@H](NC(=O)C1CCCCN1C)C(C)C)C(=O)N1CCC[C@H]1C(=O)OC1CCCc2ccccc21. The second kappa shape index (κ2) is 15.4. The molecule has 2 heterocycles. The Morgan fingerprint density at radius 3 is 2.33 bits per heavy atom. The summed E-state index contributed by atoms with van der Waals surface area (Å²) in [7, 11) is 3.70. The molecule has 3 aliphatic rings. The fourth-order valence-corrected chi connectivity index (χ4v) is 7.15. The summed E-state index contributed by atoms with van der Waals surface area (Å²) in [5, 5.41) is 3.05. The van der Waals surface area contributed by atoms with Crippen molar-refractivity contribution in [2.45, 2.75) is 116 Å². The lowest BCUT2D eigenvalue weighted by atomic mass is 9.89. The van der Waals surface area contributed by atoms with Gasteiger partial charge in [0.15, 0.2) is 0 Å². The van der Waals surface area contributed by atoms with Crippen molar-refractivity contribution >= 4 is 23.7 Å². The average Bonchev–Trinajstić information content (AvgIpc) is 3.51. The second-order valence-electron chi connectivity index (χ2n) is 13.9. The Bertz CT molecular complexity index is 1260. The predicted molar refractivity (Wildman–Crippen MR) is 175 cm³/mol. The van der Waals surface area contributed by atoms with E-state index in [4.69, 9.17) is 4.74 Å². The zero-order valence-electron chi connectivity index (χ0n) is 28.4. The van der Waals surface area contributed by atoms with Gasteiger partial charge in [-0.3, -0.25) is 19.3 Å². The predicted octanol–water partition coefficient (Wildman–Crippen LogP) is 4.65. The first-order valence-corrected chi connectivity index (χ1v) is 17.0. The average molecular weight is 623 g/mol. The maximum absolute atomic E-state index is 13.9. The van der Waals surface area contributed by atoms with Crippen LogP contribution < -0.4 is 5.32 Å². The fraction of sp³-hybridized carbons (Fsp3) is 0.667. The van der Waals surface area contributed by atoms with Crippen LogP contribution in [-0.2, 0) is 30.3 Å². The number of likely N-dealkylation sites (tertiary alicyclic amines) is 2. The van der Waals surface area contributed by atoms with Crippen LogP contribution in [0.2, 0.25) is 0 Å². The summed E-state index contributed by atoms with van der Waals surface area (Å²) in [6.07, 6.45) is 8.46. The number of nitrogens with zero attached hydrogens (tertiary/aromatic N) is 3. The first-order chi connectivity index (χ1) is 21.4. The van der Waals surface area contributed by atoms with Gasteiger partial charge in [0.25, 0.3) is 0 Å². The third kappa shape index (κ3) is 8.15. The van der Waals surface area contributed by atoms with Crippen molar-refractivity contribution in [3.63, 3.8) is 0 Å². The number of piperidine rings is 1. The van der Waals surface area contributed by atoms with E-state index in [1.54, 1.807) is 23.8 Å². The number of likely N-dealkylation sites (N-methyl/N-ethyl adjacent to an activating group) is 2. The normalized spacial score (nSPS) is 23.8. The van der Waals surface area contributed by atoms with Gasteiger partial charge in [0.2, 0.25) is 17.7 Å². The molecule has 0 saturated carbocycles. The number of esters is 1. The Labute approximate surface area is 269 Å². The van der Waals surface area contributed by atoms with Crippen LogP contribution in [0.1, 0.15) is 96.8 Å². The lowest BCUT2D eigenvalue weighted by Crippen LogP contribution is -2.57. The first kappa shape index (κ1) is 34.7. The molecule has 4 rings (SSSR count). The Kier molecular flexibility index (Phi) is 11.9. The Morgan fingerprint density at radius 1 is 0.933 bits per heavy atom. The van der Waals surface area contributed by atoms with Crippen molar-refractivity contribution in [2.24, 2.45) is 11.8 Å². The van der Waals surface area contributed by atoms with Gasteiger partial charge in [-0.25, -0.2) is 4.79 Å². The Balaban J connectivity index is 1.44. The highest BCUT2D eigenvalue weighted by molar-refractivity contribution is 5.96. The van der Waals surface area contributed by atoms with Crippen LogP contribution in [0.3, 0.4) is 0 Å². The smallest absolute Gasteiger partial charge is 0.329 e. The van der Waals surface area contributed by atoms with Crippen molar-refractivity contribution in [1.29, 1.82) is 0 Å². The van der Waals surface area contributed by atoms with E-state index in [2.05, 4.69) is 16.3 Å². The molecule has 2 saturated heterocycles. The molecule has 0 radical (unpaired) electrons. The monoisotopic (exact) mass is 622 g/mol. The number of hydrogen-bond acceptors (Lipinski definition) is 6. The number of hydrogen-bond donors (Lipinski definition) is 1. The van der Waals surface area contributed by atoms with Crippen molar-refractivity contribution in [2.75, 3.05) is 27.2 Å². The summed E-state index contributed by atoms with van der Waals surface area (Å²) in [5.41, 5.74) is 2.78. The summed E-state index contributed by atoms with van der Waals surface area (Å²) >= 11 is 0. The molecule has 9 nitrogen and oxygen atoms in total. The third-order valence-electron chi connectivity index (χ3n) is 9.90. The maximum Gasteiger partial charge on any atom is 0.329 e. The molecular weight excluding hydrogens is 568 g/mol. The molecule has 3 amide bonds. The molecular formula is C36H54N4O5. The van der Waals surface area contributed by atoms with Crippen LogP contribution >= 0.6 is 0 Å². The van der Waals surface area contributed by atoms with Gasteiger partial charge in [-0.1, -0.05) is 64.5 Å². The minimum absolute atomic E-state index is 0.0143. The topological polar surface area (TPSA) is 99.3 Å². The molecule has 0 spiro atoms. The van der Waals surface area contributed by atoms with E-state index in [0.29, 0.717) is 18.5 Å². The fourth-order valence-electron chi connectivity index (χ4n) is 7.15. The van der Waals surface area contributed by atoms with Gasteiger partial charge in [0, 0.05) is 19.2 Å². The molecule has 2 unspecified atom stereocenters. The number of ether oxygens (including phenoxy) is 1. The zero-order chi connectivity index (χ0) is 32.8. The van der Waals surface area contributed by atoms with E-state index in [1.807, 2.05) is 59.0 Å². The van der Waals surface area contributed by atoms with Crippen molar-refractivity contribution in [3.8, 4) is 0 Å². The third-order valence-corrected chi connectivity index (χ3v) is 9.90. The molecule has 0 bridgehead atoms. The number of aryl methyl sites for hydroxylation is 1. The van der Waals surface area contributed by atoms with Gasteiger partial charge in [0.05, 0.1) is 12.1 Å². The highest BCUT2D eigenvalue weighted by Crippen LogP contribution is 2.34. The highest BCUT2D eigenvalue weighted by atomic mass is 16.5. The van der Waals surface area contributed by atoms with E-state index in [0.717, 1.165) is 57.1 Å². The molecule has 45 heavy (non-hydrogen) atoms. The van der Waals surface area contributed by atoms with E-state index >= 15 is 0 Å². The molecule has 248 valence electrons. The molecule has 1 aliphatic carbocycles. The van der Waals surface area contributed by atoms with E-state index in [9.17, 15) is 19.2 Å². The Hall–Kier alpha value is -3.20. The Morgan fingerprint density at radius 2 is 1.64 bits per heavy atom. The molecule has 9 heteroatoms. The molecule has 5 atom stereocenters. The number of nitrogens with one attached hydrogen (secondary N) is 1. The largest absolute Gasteiger partial charge is 0.456 e. The van der Waals surface area contributed by atoms with Gasteiger partial charge < -0.3 is 19.9 Å². The maximum atomic E-state index is 13.9. The van der Waals surface area contributed by atoms with Crippen LogP contribution in [-0.4, -0.2) is 89.7 Å². The lowest BCUT2D eigenvalue weighted by Gasteiger charge is -2.36. The van der Waals surface area contributed by atoms with Crippen molar-refractivity contribution < 1.29 is 23.9 Å². The molecule has 2 aliphatic heterocycles. The van der Waals surface area contributed by atoms with Gasteiger partial charge in [-0.05, 0) is 88.4 Å². The summed E-state index contributed by atoms with van der Waals surface area (Å²) < 4.78 is 6.04. The molecule has 1 aromatic rings. The molecule has 1 N–H and O–H groups in total. The highest BCUT2D eigenvalue weighted by Gasteiger charge is 2.39. The standard InChI is InChI=1S/C36H54N4O5/c1-23(2)30(39(7)35(43)32(24(3)4)37-33(41)28-17-10-11-20-38(28)6)22-25(5)34(42)40-21-13-18-29(40)36(44)45-31-19-12-15-26-14-8-9-16-27(26)31/h8-9,14,16,22-24,28-32H,10-13,15,17-21H2,1-7H3,(H,37,41)/b25-22+/t28?,29-,30+,31?,32-/m0/s1. The van der Waals surface area contributed by atoms with E-state index in [1.165, 1.54) is 5.56 Å². The van der Waals surface area contributed by atoms with Gasteiger partial charge in [0.1, 0.15) is 18.2 Å². The summed E-state index contributed by atoms with van der Waals surface area (Å²) in [6.45, 7) is 11.0. The molecule has 0 aromatic heterocycles. The summed E-state index contributed by atoms with van der Waals surface area (Å²) in [5.74, 6) is -0.932. The summed E-state index contributed by atoms with van der Waals surface area (Å²) in [6, 6.07) is 6.22. The number of carbonyl (C=O) groups excluding carboxylic acids is 4. The van der Waals surface area contributed by atoms with Crippen molar-refractivity contribution in [3.05, 3.63) is 47.0 Å². The number of amides is 3. The number of carbonyl (C=O) groups is 4. The first-order valence-electron chi connectivity index (χ1n) is 17.0. The zero-order valence-corrected chi connectivity index (χ0v) is 28.4. The quantitative estimate of drug-likeness (QED) is 0.301. The van der Waals surface area contributed by atoms with E-state index in [-0.39, 0.29) is 53.7 Å². The van der Waals surface area contributed by atoms with E-state index < -0.39 is 12.1 Å². The van der Waals surface area contributed by atoms with Crippen LogP contribution in [0, 0.1) is 11.8 Å². The second-order valence-corrected chi connectivity index (χ2v) is 13.9. The number of benzene rings is 1.